The van der Waals surface area contributed by atoms with Crippen molar-refractivity contribution in [3.63, 3.8) is 0 Å². The third-order valence-electron chi connectivity index (χ3n) is 2.52. The maximum absolute atomic E-state index is 10.5. The van der Waals surface area contributed by atoms with Crippen LogP contribution in [0.25, 0.3) is 0 Å². The fraction of sp³-hybridized carbons (Fsp3) is 0.538. The molecule has 0 aromatic heterocycles. The number of ether oxygens (including phenoxy) is 4. The second-order valence-corrected chi connectivity index (χ2v) is 4.59. The lowest BCUT2D eigenvalue weighted by Crippen LogP contribution is -2.31. The Balaban J connectivity index is 2.60. The Hall–Kier alpha value is -2.06. The first-order valence-corrected chi connectivity index (χ1v) is 6.20. The molecule has 0 bridgehead atoms. The largest absolute Gasteiger partial charge is 0.508 e. The quantitative estimate of drug-likeness (QED) is 0.569. The average Bonchev–Trinajstić information content (AvgIpc) is 2.70. The Morgan fingerprint density at radius 1 is 1.14 bits per heavy atom. The van der Waals surface area contributed by atoms with Gasteiger partial charge in [-0.25, -0.2) is 9.59 Å². The molecule has 118 valence electrons. The standard InChI is InChI=1S/C13H18O8/c1-7(2)5-4-6-8(3)9-18-10(20-12(14)15)11(19-9)21-13(16)17/h5,9-11H,3-4,6H2,1-2H3,(H,14,15)(H,16,17)/t10-,11-/m1/s1. The summed E-state index contributed by atoms with van der Waals surface area (Å²) in [5.41, 5.74) is 1.68. The summed E-state index contributed by atoms with van der Waals surface area (Å²) in [5, 5.41) is 17.1. The van der Waals surface area contributed by atoms with Crippen LogP contribution < -0.4 is 0 Å². The van der Waals surface area contributed by atoms with Gasteiger partial charge < -0.3 is 29.2 Å². The maximum Gasteiger partial charge on any atom is 0.508 e. The smallest absolute Gasteiger partial charge is 0.450 e. The molecule has 21 heavy (non-hydrogen) atoms. The highest BCUT2D eigenvalue weighted by atomic mass is 16.9. The second-order valence-electron chi connectivity index (χ2n) is 4.59. The van der Waals surface area contributed by atoms with Crippen LogP contribution in [0.15, 0.2) is 23.8 Å². The Labute approximate surface area is 121 Å². The van der Waals surface area contributed by atoms with Crippen molar-refractivity contribution in [1.82, 2.24) is 0 Å². The minimum atomic E-state index is -1.63. The molecule has 2 atom stereocenters. The Kier molecular flexibility index (Phi) is 6.19. The molecule has 8 heteroatoms. The van der Waals surface area contributed by atoms with Crippen molar-refractivity contribution < 1.29 is 38.7 Å². The molecule has 0 amide bonds. The number of rotatable bonds is 6. The van der Waals surface area contributed by atoms with E-state index in [-0.39, 0.29) is 0 Å². The summed E-state index contributed by atoms with van der Waals surface area (Å²) in [6.45, 7) is 7.69. The van der Waals surface area contributed by atoms with E-state index in [1.807, 2.05) is 19.9 Å². The zero-order valence-corrected chi connectivity index (χ0v) is 11.8. The SMILES string of the molecule is C=C(CCC=C(C)C)C1O[C@H](OC(=O)O)[C@@H](OC(=O)O)O1. The van der Waals surface area contributed by atoms with Gasteiger partial charge in [0.05, 0.1) is 0 Å². The van der Waals surface area contributed by atoms with Gasteiger partial charge in [0.15, 0.2) is 6.29 Å². The van der Waals surface area contributed by atoms with Crippen molar-refractivity contribution in [2.45, 2.75) is 45.6 Å². The maximum atomic E-state index is 10.5. The molecule has 0 unspecified atom stereocenters. The van der Waals surface area contributed by atoms with Gasteiger partial charge in [0.2, 0.25) is 0 Å². The Bertz CT molecular complexity index is 413. The summed E-state index contributed by atoms with van der Waals surface area (Å²) in [6.07, 6.45) is -3.96. The van der Waals surface area contributed by atoms with Gasteiger partial charge in [-0.1, -0.05) is 18.2 Å². The van der Waals surface area contributed by atoms with Crippen LogP contribution in [0.4, 0.5) is 9.59 Å². The highest BCUT2D eigenvalue weighted by Gasteiger charge is 2.42. The lowest BCUT2D eigenvalue weighted by atomic mass is 10.1. The zero-order valence-electron chi connectivity index (χ0n) is 11.8. The topological polar surface area (TPSA) is 112 Å². The van der Waals surface area contributed by atoms with Crippen LogP contribution in [0.1, 0.15) is 26.7 Å². The molecule has 1 aliphatic rings. The van der Waals surface area contributed by atoms with Crippen molar-refractivity contribution in [2.75, 3.05) is 0 Å². The third kappa shape index (κ3) is 5.84. The zero-order chi connectivity index (χ0) is 16.0. The molecule has 0 spiro atoms. The van der Waals surface area contributed by atoms with E-state index in [0.29, 0.717) is 18.4 Å². The summed E-state index contributed by atoms with van der Waals surface area (Å²) in [6, 6.07) is 0. The molecule has 0 aromatic rings. The highest BCUT2D eigenvalue weighted by Crippen LogP contribution is 2.27. The van der Waals surface area contributed by atoms with Gasteiger partial charge in [-0.15, -0.1) is 0 Å². The van der Waals surface area contributed by atoms with E-state index in [2.05, 4.69) is 16.1 Å². The summed E-state index contributed by atoms with van der Waals surface area (Å²) in [7, 11) is 0. The molecule has 1 aliphatic heterocycles. The molecule has 1 heterocycles. The van der Waals surface area contributed by atoms with Crippen LogP contribution in [0, 0.1) is 0 Å². The van der Waals surface area contributed by atoms with E-state index in [9.17, 15) is 9.59 Å². The first kappa shape index (κ1) is 17.0. The normalized spacial score (nSPS) is 21.6. The molecule has 0 radical (unpaired) electrons. The molecule has 1 rings (SSSR count). The molecular weight excluding hydrogens is 284 g/mol. The highest BCUT2D eigenvalue weighted by molar-refractivity contribution is 5.58. The van der Waals surface area contributed by atoms with Gasteiger partial charge in [0, 0.05) is 0 Å². The predicted molar refractivity (Wildman–Crippen MR) is 69.6 cm³/mol. The van der Waals surface area contributed by atoms with E-state index >= 15 is 0 Å². The van der Waals surface area contributed by atoms with Crippen molar-refractivity contribution in [2.24, 2.45) is 0 Å². The lowest BCUT2D eigenvalue weighted by molar-refractivity contribution is -0.153. The van der Waals surface area contributed by atoms with Crippen LogP contribution in [0.5, 0.6) is 0 Å². The molecule has 2 N–H and O–H groups in total. The number of carbonyl (C=O) groups is 2. The lowest BCUT2D eigenvalue weighted by Gasteiger charge is -2.13. The van der Waals surface area contributed by atoms with E-state index in [1.165, 1.54) is 0 Å². The minimum Gasteiger partial charge on any atom is -0.450 e. The van der Waals surface area contributed by atoms with Crippen LogP contribution in [-0.4, -0.2) is 41.4 Å². The number of carboxylic acid groups (broad SMARTS) is 2. The van der Waals surface area contributed by atoms with Crippen LogP contribution >= 0.6 is 0 Å². The second kappa shape index (κ2) is 7.65. The van der Waals surface area contributed by atoms with E-state index < -0.39 is 31.2 Å². The van der Waals surface area contributed by atoms with Crippen molar-refractivity contribution in [1.29, 1.82) is 0 Å². The summed E-state index contributed by atoms with van der Waals surface area (Å²) in [4.78, 5) is 21.0. The van der Waals surface area contributed by atoms with Crippen molar-refractivity contribution >= 4 is 12.3 Å². The fourth-order valence-corrected chi connectivity index (χ4v) is 1.63. The third-order valence-corrected chi connectivity index (χ3v) is 2.52. The van der Waals surface area contributed by atoms with E-state index in [0.717, 1.165) is 5.57 Å². The predicted octanol–water partition coefficient (Wildman–Crippen LogP) is 2.70. The molecule has 8 nitrogen and oxygen atoms in total. The summed E-state index contributed by atoms with van der Waals surface area (Å²) < 4.78 is 19.1. The molecular formula is C13H18O8. The molecule has 0 saturated carbocycles. The molecule has 1 saturated heterocycles. The Morgan fingerprint density at radius 3 is 2.00 bits per heavy atom. The first-order valence-electron chi connectivity index (χ1n) is 6.20. The van der Waals surface area contributed by atoms with Crippen molar-refractivity contribution in [3.8, 4) is 0 Å². The summed E-state index contributed by atoms with van der Waals surface area (Å²) >= 11 is 0. The molecule has 0 aromatic carbocycles. The first-order chi connectivity index (χ1) is 9.79. The van der Waals surface area contributed by atoms with E-state index in [1.54, 1.807) is 0 Å². The number of hydrogen-bond donors (Lipinski definition) is 2. The van der Waals surface area contributed by atoms with Crippen LogP contribution in [-0.2, 0) is 18.9 Å². The van der Waals surface area contributed by atoms with Gasteiger partial charge in [-0.3, -0.25) is 0 Å². The minimum absolute atomic E-state index is 0.531. The van der Waals surface area contributed by atoms with E-state index in [4.69, 9.17) is 19.7 Å². The van der Waals surface area contributed by atoms with Gasteiger partial charge in [-0.2, -0.15) is 0 Å². The van der Waals surface area contributed by atoms with Crippen LogP contribution in [0.3, 0.4) is 0 Å². The summed E-state index contributed by atoms with van der Waals surface area (Å²) in [5.74, 6) is 0. The van der Waals surface area contributed by atoms with Crippen molar-refractivity contribution in [3.05, 3.63) is 23.8 Å². The fourth-order valence-electron chi connectivity index (χ4n) is 1.63. The molecule has 1 fully saturated rings. The Morgan fingerprint density at radius 2 is 1.62 bits per heavy atom. The molecule has 0 aliphatic carbocycles. The van der Waals surface area contributed by atoms with Crippen LogP contribution in [0.2, 0.25) is 0 Å². The van der Waals surface area contributed by atoms with Gasteiger partial charge in [-0.05, 0) is 32.3 Å². The average molecular weight is 302 g/mol. The van der Waals surface area contributed by atoms with Gasteiger partial charge in [0.1, 0.15) is 0 Å². The number of allylic oxidation sites excluding steroid dienone is 2. The monoisotopic (exact) mass is 302 g/mol. The van der Waals surface area contributed by atoms with Gasteiger partial charge >= 0.3 is 12.3 Å². The van der Waals surface area contributed by atoms with Gasteiger partial charge in [0.25, 0.3) is 12.6 Å². The number of hydrogen-bond acceptors (Lipinski definition) is 6.